The number of aromatic nitrogens is 3. The fourth-order valence-electron chi connectivity index (χ4n) is 6.04. The van der Waals surface area contributed by atoms with Crippen molar-refractivity contribution < 1.29 is 9.13 Å². The number of benzene rings is 1. The predicted molar refractivity (Wildman–Crippen MR) is 128 cm³/mol. The van der Waals surface area contributed by atoms with Crippen LogP contribution in [0.5, 0.6) is 5.75 Å². The Labute approximate surface area is 195 Å². The van der Waals surface area contributed by atoms with Gasteiger partial charge in [0.2, 0.25) is 17.8 Å². The first-order valence-corrected chi connectivity index (χ1v) is 12.5. The average molecular weight is 455 g/mol. The summed E-state index contributed by atoms with van der Waals surface area (Å²) in [6.07, 6.45) is 12.4. The van der Waals surface area contributed by atoms with Crippen LogP contribution in [0.2, 0.25) is 0 Å². The van der Waals surface area contributed by atoms with Gasteiger partial charge in [-0.15, -0.1) is 0 Å². The minimum absolute atomic E-state index is 0.186. The summed E-state index contributed by atoms with van der Waals surface area (Å²) in [5, 5.41) is 3.57. The monoisotopic (exact) mass is 454 g/mol. The van der Waals surface area contributed by atoms with Crippen molar-refractivity contribution in [3.8, 4) is 5.75 Å². The largest absolute Gasteiger partial charge is 0.494 e. The van der Waals surface area contributed by atoms with E-state index in [-0.39, 0.29) is 11.7 Å². The van der Waals surface area contributed by atoms with Crippen LogP contribution in [0.3, 0.4) is 0 Å². The predicted octanol–water partition coefficient (Wildman–Crippen LogP) is 5.31. The van der Waals surface area contributed by atoms with Crippen molar-refractivity contribution >= 4 is 23.5 Å². The lowest BCUT2D eigenvalue weighted by Crippen LogP contribution is -2.40. The Morgan fingerprint density at radius 1 is 1.06 bits per heavy atom. The summed E-state index contributed by atoms with van der Waals surface area (Å²) >= 11 is 0. The van der Waals surface area contributed by atoms with E-state index in [4.69, 9.17) is 15.5 Å². The highest BCUT2D eigenvalue weighted by Gasteiger charge is 2.36. The molecule has 178 valence electrons. The molecule has 4 saturated carbocycles. The maximum absolute atomic E-state index is 14.6. The number of ether oxygens (including phenoxy) is 1. The number of anilines is 4. The fraction of sp³-hybridized carbons (Fsp3) is 0.640. The molecule has 1 atom stereocenters. The summed E-state index contributed by atoms with van der Waals surface area (Å²) in [5.74, 6) is 2.99. The fourth-order valence-corrected chi connectivity index (χ4v) is 6.04. The lowest BCUT2D eigenvalue weighted by atomic mass is 9.68. The van der Waals surface area contributed by atoms with E-state index in [2.05, 4.69) is 15.3 Å². The second-order valence-corrected chi connectivity index (χ2v) is 10.0. The van der Waals surface area contributed by atoms with Gasteiger partial charge in [-0.05, 0) is 62.0 Å². The number of fused-ring (bicyclic) bond motifs is 3. The summed E-state index contributed by atoms with van der Waals surface area (Å²) in [5.41, 5.74) is 6.84. The molecule has 0 spiro atoms. The molecule has 0 radical (unpaired) electrons. The molecular weight excluding hydrogens is 419 g/mol. The number of hydrogen-bond acceptors (Lipinski definition) is 7. The van der Waals surface area contributed by atoms with Gasteiger partial charge in [0, 0.05) is 24.3 Å². The van der Waals surface area contributed by atoms with Gasteiger partial charge >= 0.3 is 0 Å². The normalized spacial score (nSPS) is 25.1. The third-order valence-corrected chi connectivity index (χ3v) is 7.86. The van der Waals surface area contributed by atoms with Crippen LogP contribution >= 0.6 is 0 Å². The first-order chi connectivity index (χ1) is 16.1. The molecule has 1 unspecified atom stereocenters. The lowest BCUT2D eigenvalue weighted by molar-refractivity contribution is 0.157. The molecule has 0 amide bonds. The van der Waals surface area contributed by atoms with E-state index in [1.165, 1.54) is 64.5 Å². The van der Waals surface area contributed by atoms with Crippen LogP contribution in [0.25, 0.3) is 0 Å². The van der Waals surface area contributed by atoms with Gasteiger partial charge < -0.3 is 20.7 Å². The molecule has 2 aromatic rings. The van der Waals surface area contributed by atoms with Crippen LogP contribution in [0.15, 0.2) is 18.2 Å². The molecule has 0 aliphatic heterocycles. The molecule has 1 aromatic carbocycles. The smallest absolute Gasteiger partial charge is 0.236 e. The van der Waals surface area contributed by atoms with Crippen molar-refractivity contribution in [3.05, 3.63) is 24.0 Å². The summed E-state index contributed by atoms with van der Waals surface area (Å²) in [7, 11) is 1.47. The Hall–Kier alpha value is -2.64. The highest BCUT2D eigenvalue weighted by atomic mass is 19.1. The molecule has 1 aromatic heterocycles. The highest BCUT2D eigenvalue weighted by molar-refractivity contribution is 5.60. The van der Waals surface area contributed by atoms with Gasteiger partial charge in [-0.2, -0.15) is 15.0 Å². The zero-order chi connectivity index (χ0) is 22.8. The van der Waals surface area contributed by atoms with Crippen molar-refractivity contribution in [2.24, 2.45) is 17.8 Å². The van der Waals surface area contributed by atoms with Gasteiger partial charge in [0.05, 0.1) is 7.11 Å². The molecule has 2 bridgehead atoms. The maximum Gasteiger partial charge on any atom is 0.236 e. The van der Waals surface area contributed by atoms with E-state index in [9.17, 15) is 4.39 Å². The Bertz CT molecular complexity index is 958. The molecule has 3 N–H and O–H groups in total. The summed E-state index contributed by atoms with van der Waals surface area (Å²) in [4.78, 5) is 15.7. The van der Waals surface area contributed by atoms with E-state index in [0.717, 1.165) is 25.3 Å². The SMILES string of the molecule is COc1ccc(N(CC2CCCCC2)c2nc(N)nc(NC3CC4CCC3CC4)n2)cc1F. The molecule has 8 heteroatoms. The number of rotatable bonds is 7. The van der Waals surface area contributed by atoms with E-state index in [0.29, 0.717) is 35.5 Å². The number of halogens is 1. The van der Waals surface area contributed by atoms with E-state index < -0.39 is 5.82 Å². The van der Waals surface area contributed by atoms with Crippen molar-refractivity contribution in [1.82, 2.24) is 15.0 Å². The molecular formula is C25H35FN6O. The standard InChI is InChI=1S/C25H35FN6O/c1-33-22-12-11-19(14-20(22)26)32(15-17-5-3-2-4-6-17)25-30-23(27)29-24(31-25)28-21-13-16-7-9-18(21)10-8-16/h11-12,14,16-18,21H,2-10,13,15H2,1H3,(H3,27,28,29,30,31). The number of nitrogen functional groups attached to an aromatic ring is 1. The third kappa shape index (κ3) is 4.99. The Morgan fingerprint density at radius 3 is 2.52 bits per heavy atom. The molecule has 6 rings (SSSR count). The molecule has 1 heterocycles. The van der Waals surface area contributed by atoms with Gasteiger partial charge in [-0.3, -0.25) is 0 Å². The van der Waals surface area contributed by atoms with Crippen molar-refractivity contribution in [2.75, 3.05) is 29.6 Å². The van der Waals surface area contributed by atoms with Crippen LogP contribution in [-0.4, -0.2) is 34.6 Å². The highest BCUT2D eigenvalue weighted by Crippen LogP contribution is 2.42. The molecule has 0 saturated heterocycles. The third-order valence-electron chi connectivity index (χ3n) is 7.86. The summed E-state index contributed by atoms with van der Waals surface area (Å²) in [6.45, 7) is 0.725. The van der Waals surface area contributed by atoms with Crippen molar-refractivity contribution in [3.63, 3.8) is 0 Å². The number of nitrogens with one attached hydrogen (secondary N) is 1. The number of hydrogen-bond donors (Lipinski definition) is 2. The molecule has 4 fully saturated rings. The van der Waals surface area contributed by atoms with E-state index >= 15 is 0 Å². The summed E-state index contributed by atoms with van der Waals surface area (Å²) < 4.78 is 19.7. The van der Waals surface area contributed by atoms with Crippen molar-refractivity contribution in [2.45, 2.75) is 70.3 Å². The topological polar surface area (TPSA) is 89.2 Å². The lowest BCUT2D eigenvalue weighted by Gasteiger charge is -2.42. The van der Waals surface area contributed by atoms with Crippen molar-refractivity contribution in [1.29, 1.82) is 0 Å². The van der Waals surface area contributed by atoms with Crippen LogP contribution in [0.1, 0.15) is 64.2 Å². The second-order valence-electron chi connectivity index (χ2n) is 10.0. The van der Waals surface area contributed by atoms with E-state index in [1.807, 2.05) is 11.0 Å². The second kappa shape index (κ2) is 9.69. The Kier molecular flexibility index (Phi) is 6.51. The Balaban J connectivity index is 1.44. The molecule has 4 aliphatic carbocycles. The zero-order valence-corrected chi connectivity index (χ0v) is 19.5. The number of methoxy groups -OCH3 is 1. The van der Waals surface area contributed by atoms with Gasteiger partial charge in [0.1, 0.15) is 0 Å². The van der Waals surface area contributed by atoms with Gasteiger partial charge in [-0.25, -0.2) is 4.39 Å². The minimum Gasteiger partial charge on any atom is -0.494 e. The molecule has 4 aliphatic rings. The summed E-state index contributed by atoms with van der Waals surface area (Å²) in [6, 6.07) is 5.39. The van der Waals surface area contributed by atoms with Crippen LogP contribution in [0, 0.1) is 23.6 Å². The number of nitrogens with two attached hydrogens (primary N) is 1. The zero-order valence-electron chi connectivity index (χ0n) is 19.5. The quantitative estimate of drug-likeness (QED) is 0.586. The van der Waals surface area contributed by atoms with E-state index in [1.54, 1.807) is 6.07 Å². The first-order valence-electron chi connectivity index (χ1n) is 12.5. The maximum atomic E-state index is 14.6. The first kappa shape index (κ1) is 22.2. The number of nitrogens with zero attached hydrogens (tertiary/aromatic N) is 4. The van der Waals surface area contributed by atoms with Gasteiger partial charge in [0.15, 0.2) is 11.6 Å². The van der Waals surface area contributed by atoms with Gasteiger partial charge in [0.25, 0.3) is 0 Å². The van der Waals surface area contributed by atoms with Gasteiger partial charge in [-0.1, -0.05) is 32.1 Å². The minimum atomic E-state index is -0.401. The van der Waals surface area contributed by atoms with Crippen LogP contribution in [-0.2, 0) is 0 Å². The van der Waals surface area contributed by atoms with Crippen LogP contribution in [0.4, 0.5) is 27.9 Å². The molecule has 7 nitrogen and oxygen atoms in total. The average Bonchev–Trinajstić information content (AvgIpc) is 2.83. The molecule has 33 heavy (non-hydrogen) atoms. The van der Waals surface area contributed by atoms with Crippen LogP contribution < -0.4 is 20.7 Å². The Morgan fingerprint density at radius 2 is 1.85 bits per heavy atom.